The molecule has 0 aliphatic carbocycles. The van der Waals surface area contributed by atoms with Crippen LogP contribution in [0.25, 0.3) is 6.08 Å². The molecule has 0 spiro atoms. The third-order valence-corrected chi connectivity index (χ3v) is 3.85. The molecule has 0 aromatic heterocycles. The minimum atomic E-state index is -0.540. The Kier molecular flexibility index (Phi) is 4.49. The summed E-state index contributed by atoms with van der Waals surface area (Å²) < 4.78 is 5.23. The van der Waals surface area contributed by atoms with Crippen LogP contribution in [0.1, 0.15) is 15.9 Å². The van der Waals surface area contributed by atoms with Crippen LogP contribution in [0.4, 0.5) is 11.4 Å². The Balaban J connectivity index is 1.84. The summed E-state index contributed by atoms with van der Waals surface area (Å²) in [4.78, 5) is 33.9. The average molecular weight is 359 g/mol. The zero-order chi connectivity index (χ0) is 18.0. The molecule has 1 N–H and O–H groups in total. The predicted molar refractivity (Wildman–Crippen MR) is 92.0 cm³/mol. The van der Waals surface area contributed by atoms with E-state index >= 15 is 0 Å². The smallest absolute Gasteiger partial charge is 0.270 e. The van der Waals surface area contributed by atoms with Crippen LogP contribution in [0.15, 0.2) is 42.5 Å². The number of nitrogens with zero attached hydrogens (tertiary/aromatic N) is 1. The number of anilines is 1. The second kappa shape index (κ2) is 6.74. The van der Waals surface area contributed by atoms with E-state index in [9.17, 15) is 19.7 Å². The Morgan fingerprint density at radius 1 is 1.28 bits per heavy atom. The lowest BCUT2D eigenvalue weighted by Gasteiger charge is -2.17. The van der Waals surface area contributed by atoms with Crippen molar-refractivity contribution in [1.82, 2.24) is 0 Å². The van der Waals surface area contributed by atoms with Crippen LogP contribution in [0.5, 0.6) is 5.75 Å². The van der Waals surface area contributed by atoms with Gasteiger partial charge in [-0.2, -0.15) is 0 Å². The molecule has 2 aromatic rings. The fourth-order valence-corrected chi connectivity index (χ4v) is 2.45. The summed E-state index contributed by atoms with van der Waals surface area (Å²) in [6.45, 7) is -0.0640. The van der Waals surface area contributed by atoms with Crippen molar-refractivity contribution in [2.45, 2.75) is 0 Å². The number of rotatable bonds is 4. The van der Waals surface area contributed by atoms with Gasteiger partial charge in [-0.3, -0.25) is 19.7 Å². The first-order valence-corrected chi connectivity index (χ1v) is 7.55. The van der Waals surface area contributed by atoms with Crippen molar-refractivity contribution in [1.29, 1.82) is 0 Å². The van der Waals surface area contributed by atoms with Crippen molar-refractivity contribution in [3.05, 3.63) is 68.7 Å². The first-order valence-electron chi connectivity index (χ1n) is 7.17. The number of ether oxygens (including phenoxy) is 1. The topological polar surface area (TPSA) is 98.5 Å². The number of nitrogens with one attached hydrogen (secondary N) is 1. The van der Waals surface area contributed by atoms with Gasteiger partial charge in [-0.15, -0.1) is 0 Å². The second-order valence-electron chi connectivity index (χ2n) is 5.21. The molecule has 1 heterocycles. The van der Waals surface area contributed by atoms with E-state index in [1.54, 1.807) is 12.1 Å². The van der Waals surface area contributed by atoms with Crippen LogP contribution in [0.3, 0.4) is 0 Å². The Morgan fingerprint density at radius 3 is 2.84 bits per heavy atom. The third kappa shape index (κ3) is 3.67. The molecule has 3 rings (SSSR count). The van der Waals surface area contributed by atoms with Crippen molar-refractivity contribution in [2.24, 2.45) is 0 Å². The van der Waals surface area contributed by atoms with Crippen molar-refractivity contribution >= 4 is 40.7 Å². The van der Waals surface area contributed by atoms with Crippen molar-refractivity contribution in [2.75, 3.05) is 11.9 Å². The second-order valence-corrected chi connectivity index (χ2v) is 5.62. The Morgan fingerprint density at radius 2 is 2.08 bits per heavy atom. The highest BCUT2D eigenvalue weighted by atomic mass is 35.5. The summed E-state index contributed by atoms with van der Waals surface area (Å²) in [7, 11) is 0. The number of benzene rings is 2. The van der Waals surface area contributed by atoms with Crippen LogP contribution in [-0.2, 0) is 4.79 Å². The van der Waals surface area contributed by atoms with E-state index in [0.717, 1.165) is 0 Å². The van der Waals surface area contributed by atoms with Gasteiger partial charge in [-0.1, -0.05) is 11.6 Å². The van der Waals surface area contributed by atoms with Gasteiger partial charge in [0.05, 0.1) is 10.6 Å². The number of amides is 1. The SMILES string of the molecule is O=C1COc2ccc(C(=O)/C=C/c3cc([N+](=O)[O-])ccc3Cl)cc2N1. The number of carbonyl (C=O) groups is 2. The van der Waals surface area contributed by atoms with E-state index in [-0.39, 0.29) is 24.0 Å². The zero-order valence-corrected chi connectivity index (χ0v) is 13.4. The Hall–Kier alpha value is -3.19. The van der Waals surface area contributed by atoms with Crippen LogP contribution >= 0.6 is 11.6 Å². The highest BCUT2D eigenvalue weighted by Gasteiger charge is 2.17. The molecule has 25 heavy (non-hydrogen) atoms. The lowest BCUT2D eigenvalue weighted by atomic mass is 10.1. The molecule has 1 amide bonds. The summed E-state index contributed by atoms with van der Waals surface area (Å²) in [6.07, 6.45) is 2.67. The molecule has 8 heteroatoms. The fraction of sp³-hybridized carbons (Fsp3) is 0.0588. The van der Waals surface area contributed by atoms with Gasteiger partial charge in [0.15, 0.2) is 12.4 Å². The zero-order valence-electron chi connectivity index (χ0n) is 12.7. The van der Waals surface area contributed by atoms with E-state index in [1.165, 1.54) is 36.4 Å². The fourth-order valence-electron chi connectivity index (χ4n) is 2.27. The molecule has 1 aliphatic heterocycles. The lowest BCUT2D eigenvalue weighted by Crippen LogP contribution is -2.25. The molecular formula is C17H11ClN2O5. The van der Waals surface area contributed by atoms with Crippen molar-refractivity contribution in [3.8, 4) is 5.75 Å². The van der Waals surface area contributed by atoms with Crippen LogP contribution in [0.2, 0.25) is 5.02 Å². The minimum absolute atomic E-state index is 0.0640. The maximum Gasteiger partial charge on any atom is 0.270 e. The normalized spacial score (nSPS) is 13.1. The molecule has 2 aromatic carbocycles. The molecule has 0 saturated heterocycles. The molecule has 0 radical (unpaired) electrons. The highest BCUT2D eigenvalue weighted by molar-refractivity contribution is 6.32. The number of ketones is 1. The predicted octanol–water partition coefficient (Wildman–Crippen LogP) is 3.48. The minimum Gasteiger partial charge on any atom is -0.482 e. The first kappa shape index (κ1) is 16.7. The molecule has 0 fully saturated rings. The van der Waals surface area contributed by atoms with E-state index in [0.29, 0.717) is 27.6 Å². The van der Waals surface area contributed by atoms with Gasteiger partial charge in [0.1, 0.15) is 5.75 Å². The van der Waals surface area contributed by atoms with Gasteiger partial charge in [0.25, 0.3) is 11.6 Å². The average Bonchev–Trinajstić information content (AvgIpc) is 2.59. The van der Waals surface area contributed by atoms with Gasteiger partial charge in [-0.25, -0.2) is 0 Å². The molecule has 126 valence electrons. The largest absolute Gasteiger partial charge is 0.482 e. The van der Waals surface area contributed by atoms with Gasteiger partial charge in [0, 0.05) is 22.7 Å². The van der Waals surface area contributed by atoms with E-state index < -0.39 is 4.92 Å². The van der Waals surface area contributed by atoms with Gasteiger partial charge in [0.2, 0.25) is 0 Å². The number of allylic oxidation sites excluding steroid dienone is 1. The maximum absolute atomic E-state index is 12.3. The molecular weight excluding hydrogens is 348 g/mol. The van der Waals surface area contributed by atoms with Crippen LogP contribution in [0, 0.1) is 10.1 Å². The van der Waals surface area contributed by atoms with Crippen LogP contribution in [-0.4, -0.2) is 23.2 Å². The summed E-state index contributed by atoms with van der Waals surface area (Å²) in [5.41, 5.74) is 0.996. The standard InChI is InChI=1S/C17H11ClN2O5/c18-13-4-3-12(20(23)24)7-10(13)1-5-15(21)11-2-6-16-14(8-11)19-17(22)9-25-16/h1-8H,9H2,(H,19,22)/b5-1+. The van der Waals surface area contributed by atoms with E-state index in [1.807, 2.05) is 0 Å². The Labute approximate surface area is 147 Å². The molecule has 1 aliphatic rings. The van der Waals surface area contributed by atoms with Gasteiger partial charge >= 0.3 is 0 Å². The number of fused-ring (bicyclic) bond motifs is 1. The van der Waals surface area contributed by atoms with Crippen molar-refractivity contribution < 1.29 is 19.2 Å². The maximum atomic E-state index is 12.3. The number of halogens is 1. The molecule has 0 saturated carbocycles. The molecule has 0 atom stereocenters. The highest BCUT2D eigenvalue weighted by Crippen LogP contribution is 2.29. The number of nitro benzene ring substituents is 1. The summed E-state index contributed by atoms with van der Waals surface area (Å²) in [5.74, 6) is -0.150. The molecule has 0 unspecified atom stereocenters. The lowest BCUT2D eigenvalue weighted by molar-refractivity contribution is -0.384. The number of hydrogen-bond acceptors (Lipinski definition) is 5. The first-order chi connectivity index (χ1) is 11.9. The van der Waals surface area contributed by atoms with E-state index in [4.69, 9.17) is 16.3 Å². The van der Waals surface area contributed by atoms with Crippen molar-refractivity contribution in [3.63, 3.8) is 0 Å². The molecule has 7 nitrogen and oxygen atoms in total. The van der Waals surface area contributed by atoms with Gasteiger partial charge in [-0.05, 0) is 42.0 Å². The summed E-state index contributed by atoms with van der Waals surface area (Å²) in [6, 6.07) is 8.64. The summed E-state index contributed by atoms with van der Waals surface area (Å²) in [5, 5.41) is 13.7. The van der Waals surface area contributed by atoms with Gasteiger partial charge < -0.3 is 10.1 Å². The third-order valence-electron chi connectivity index (χ3n) is 3.50. The monoisotopic (exact) mass is 358 g/mol. The summed E-state index contributed by atoms with van der Waals surface area (Å²) >= 11 is 5.99. The number of hydrogen-bond donors (Lipinski definition) is 1. The quantitative estimate of drug-likeness (QED) is 0.390. The molecule has 0 bridgehead atoms. The number of non-ortho nitro benzene ring substituents is 1. The number of nitro groups is 1. The Bertz CT molecular complexity index is 923. The van der Waals surface area contributed by atoms with Crippen LogP contribution < -0.4 is 10.1 Å². The van der Waals surface area contributed by atoms with E-state index in [2.05, 4.69) is 5.32 Å². The number of carbonyl (C=O) groups excluding carboxylic acids is 2.